The fourth-order valence-corrected chi connectivity index (χ4v) is 4.75. The minimum absolute atomic E-state index is 0.547. The van der Waals surface area contributed by atoms with E-state index in [-0.39, 0.29) is 0 Å². The van der Waals surface area contributed by atoms with Crippen LogP contribution < -0.4 is 0 Å². The van der Waals surface area contributed by atoms with Crippen LogP contribution in [0.15, 0.2) is 96.0 Å². The van der Waals surface area contributed by atoms with Gasteiger partial charge in [-0.15, -0.1) is 0 Å². The SMILES string of the molecule is C1=CCN=C1.c1ccc(C2CCCc3c2ccc2c3ccc3ccccc32)cc1. The van der Waals surface area contributed by atoms with Crippen molar-refractivity contribution < 1.29 is 0 Å². The van der Waals surface area contributed by atoms with E-state index in [4.69, 9.17) is 0 Å². The normalized spacial score (nSPS) is 17.2. The highest BCUT2D eigenvalue weighted by Gasteiger charge is 2.23. The molecular weight excluding hydrogens is 350 g/mol. The molecule has 0 amide bonds. The molecule has 2 aliphatic rings. The van der Waals surface area contributed by atoms with Crippen molar-refractivity contribution in [1.29, 1.82) is 0 Å². The predicted octanol–water partition coefficient (Wildman–Crippen LogP) is 7.09. The predicted molar refractivity (Wildman–Crippen MR) is 125 cm³/mol. The number of nitrogens with zero attached hydrogens (tertiary/aromatic N) is 1. The number of hydrogen-bond donors (Lipinski definition) is 0. The summed E-state index contributed by atoms with van der Waals surface area (Å²) in [6.45, 7) is 0.889. The van der Waals surface area contributed by atoms with Crippen LogP contribution in [-0.2, 0) is 6.42 Å². The van der Waals surface area contributed by atoms with E-state index in [0.29, 0.717) is 5.92 Å². The number of rotatable bonds is 1. The molecule has 142 valence electrons. The van der Waals surface area contributed by atoms with Gasteiger partial charge in [0.25, 0.3) is 0 Å². The fraction of sp³-hybridized carbons (Fsp3) is 0.179. The molecule has 1 aliphatic carbocycles. The Kier molecular flexibility index (Phi) is 4.96. The Morgan fingerprint density at radius 1 is 0.724 bits per heavy atom. The molecule has 1 aliphatic heterocycles. The second-order valence-corrected chi connectivity index (χ2v) is 7.81. The van der Waals surface area contributed by atoms with Gasteiger partial charge in [0.2, 0.25) is 0 Å². The molecule has 0 N–H and O–H groups in total. The third-order valence-electron chi connectivity index (χ3n) is 6.11. The maximum atomic E-state index is 3.85. The number of allylic oxidation sites excluding steroid dienone is 1. The van der Waals surface area contributed by atoms with E-state index in [0.717, 1.165) is 6.54 Å². The molecule has 0 saturated carbocycles. The van der Waals surface area contributed by atoms with Crippen LogP contribution in [0.25, 0.3) is 21.5 Å². The van der Waals surface area contributed by atoms with Crippen LogP contribution >= 0.6 is 0 Å². The second-order valence-electron chi connectivity index (χ2n) is 7.81. The number of aryl methyl sites for hydroxylation is 1. The highest BCUT2D eigenvalue weighted by atomic mass is 14.7. The minimum atomic E-state index is 0.547. The van der Waals surface area contributed by atoms with Gasteiger partial charge in [0.1, 0.15) is 0 Å². The molecule has 1 nitrogen and oxygen atoms in total. The van der Waals surface area contributed by atoms with Crippen molar-refractivity contribution in [2.75, 3.05) is 6.54 Å². The first-order chi connectivity index (χ1) is 14.4. The summed E-state index contributed by atoms with van der Waals surface area (Å²) in [5.41, 5.74) is 4.56. The molecule has 0 radical (unpaired) electrons. The average molecular weight is 376 g/mol. The maximum absolute atomic E-state index is 3.85. The van der Waals surface area contributed by atoms with Crippen molar-refractivity contribution in [2.24, 2.45) is 4.99 Å². The van der Waals surface area contributed by atoms with Gasteiger partial charge in [0, 0.05) is 12.1 Å². The van der Waals surface area contributed by atoms with Crippen molar-refractivity contribution in [3.63, 3.8) is 0 Å². The summed E-state index contributed by atoms with van der Waals surface area (Å²) in [6, 6.07) is 29.1. The van der Waals surface area contributed by atoms with Gasteiger partial charge < -0.3 is 0 Å². The summed E-state index contributed by atoms with van der Waals surface area (Å²) in [4.78, 5) is 3.85. The lowest BCUT2D eigenvalue weighted by molar-refractivity contribution is 0.619. The number of fused-ring (bicyclic) bond motifs is 5. The molecule has 0 saturated heterocycles. The lowest BCUT2D eigenvalue weighted by Gasteiger charge is -2.27. The quantitative estimate of drug-likeness (QED) is 0.315. The monoisotopic (exact) mass is 375 g/mol. The molecule has 0 fully saturated rings. The topological polar surface area (TPSA) is 12.4 Å². The van der Waals surface area contributed by atoms with Gasteiger partial charge in [-0.3, -0.25) is 4.99 Å². The Balaban J connectivity index is 0.000000319. The Hall–Kier alpha value is -3.19. The van der Waals surface area contributed by atoms with Crippen LogP contribution in [0.5, 0.6) is 0 Å². The van der Waals surface area contributed by atoms with Crippen molar-refractivity contribution in [3.8, 4) is 0 Å². The minimum Gasteiger partial charge on any atom is -0.289 e. The molecule has 4 aromatic rings. The Morgan fingerprint density at radius 3 is 2.34 bits per heavy atom. The van der Waals surface area contributed by atoms with Crippen molar-refractivity contribution >= 4 is 27.8 Å². The average Bonchev–Trinajstić information content (AvgIpc) is 3.39. The standard InChI is InChI=1S/C24H20.C4H5N/c1-2-7-17(8-3-1)20-11-6-12-21-22(20)15-16-23-19-10-5-4-9-18(19)13-14-24(21)23;1-2-4-5-3-1/h1-5,7-10,13-16,20H,6,11-12H2;1-3H,4H2. The zero-order valence-corrected chi connectivity index (χ0v) is 16.6. The van der Waals surface area contributed by atoms with Crippen molar-refractivity contribution in [2.45, 2.75) is 25.2 Å². The molecule has 1 heteroatoms. The largest absolute Gasteiger partial charge is 0.289 e. The summed E-state index contributed by atoms with van der Waals surface area (Å²) < 4.78 is 0. The molecular formula is C28H25N. The van der Waals surface area contributed by atoms with Gasteiger partial charge in [-0.05, 0) is 63.6 Å². The van der Waals surface area contributed by atoms with E-state index in [2.05, 4.69) is 83.9 Å². The fourth-order valence-electron chi connectivity index (χ4n) is 4.75. The summed E-state index contributed by atoms with van der Waals surface area (Å²) >= 11 is 0. The maximum Gasteiger partial charge on any atom is 0.0573 e. The molecule has 29 heavy (non-hydrogen) atoms. The zero-order chi connectivity index (χ0) is 19.5. The lowest BCUT2D eigenvalue weighted by Crippen LogP contribution is -2.11. The Bertz CT molecular complexity index is 1190. The van der Waals surface area contributed by atoms with E-state index in [1.54, 1.807) is 11.8 Å². The van der Waals surface area contributed by atoms with Crippen LogP contribution in [0.1, 0.15) is 35.4 Å². The first-order valence-corrected chi connectivity index (χ1v) is 10.5. The van der Waals surface area contributed by atoms with Gasteiger partial charge >= 0.3 is 0 Å². The molecule has 4 aromatic carbocycles. The highest BCUT2D eigenvalue weighted by molar-refractivity contribution is 6.08. The number of hydrogen-bond acceptors (Lipinski definition) is 1. The Morgan fingerprint density at radius 2 is 1.55 bits per heavy atom. The highest BCUT2D eigenvalue weighted by Crippen LogP contribution is 2.41. The summed E-state index contributed by atoms with van der Waals surface area (Å²) in [7, 11) is 0. The van der Waals surface area contributed by atoms with Crippen LogP contribution in [0.3, 0.4) is 0 Å². The summed E-state index contributed by atoms with van der Waals surface area (Å²) in [5.74, 6) is 0.547. The Labute approximate surface area is 172 Å². The van der Waals surface area contributed by atoms with Crippen molar-refractivity contribution in [1.82, 2.24) is 0 Å². The van der Waals surface area contributed by atoms with E-state index in [1.165, 1.54) is 51.9 Å². The lowest BCUT2D eigenvalue weighted by atomic mass is 9.77. The summed E-state index contributed by atoms with van der Waals surface area (Å²) in [5, 5.41) is 5.56. The molecule has 1 atom stereocenters. The first kappa shape index (κ1) is 17.9. The molecule has 0 bridgehead atoms. The van der Waals surface area contributed by atoms with Crippen LogP contribution in [0.2, 0.25) is 0 Å². The molecule has 6 rings (SSSR count). The van der Waals surface area contributed by atoms with E-state index in [9.17, 15) is 0 Å². The van der Waals surface area contributed by atoms with Gasteiger partial charge in [-0.2, -0.15) is 0 Å². The summed E-state index contributed by atoms with van der Waals surface area (Å²) in [6.07, 6.45) is 9.50. The van der Waals surface area contributed by atoms with Crippen LogP contribution in [-0.4, -0.2) is 12.8 Å². The molecule has 0 spiro atoms. The third-order valence-corrected chi connectivity index (χ3v) is 6.11. The van der Waals surface area contributed by atoms with E-state index >= 15 is 0 Å². The third kappa shape index (κ3) is 3.49. The van der Waals surface area contributed by atoms with Gasteiger partial charge in [-0.25, -0.2) is 0 Å². The molecule has 1 heterocycles. The first-order valence-electron chi connectivity index (χ1n) is 10.5. The van der Waals surface area contributed by atoms with Gasteiger partial charge in [0.15, 0.2) is 0 Å². The smallest absolute Gasteiger partial charge is 0.0573 e. The van der Waals surface area contributed by atoms with Gasteiger partial charge in [0.05, 0.1) is 6.54 Å². The van der Waals surface area contributed by atoms with Crippen LogP contribution in [0, 0.1) is 0 Å². The molecule has 0 aromatic heterocycles. The second kappa shape index (κ2) is 8.05. The number of aliphatic imine (C=N–C) groups is 1. The van der Waals surface area contributed by atoms with E-state index in [1.807, 2.05) is 12.2 Å². The van der Waals surface area contributed by atoms with Gasteiger partial charge in [-0.1, -0.05) is 84.9 Å². The molecule has 1 unspecified atom stereocenters. The zero-order valence-electron chi connectivity index (χ0n) is 16.6. The van der Waals surface area contributed by atoms with Crippen molar-refractivity contribution in [3.05, 3.63) is 108 Å². The number of benzene rings is 4. The van der Waals surface area contributed by atoms with E-state index < -0.39 is 0 Å². The van der Waals surface area contributed by atoms with Crippen LogP contribution in [0.4, 0.5) is 0 Å².